The monoisotopic (exact) mass is 336 g/mol. The Morgan fingerprint density at radius 2 is 1.54 bits per heavy atom. The minimum atomic E-state index is -0.809. The van der Waals surface area contributed by atoms with Crippen LogP contribution in [-0.2, 0) is 19.0 Å². The van der Waals surface area contributed by atoms with Crippen LogP contribution in [0.15, 0.2) is 36.4 Å². The molecule has 1 aromatic rings. The van der Waals surface area contributed by atoms with Gasteiger partial charge in [-0.25, -0.2) is 14.4 Å². The van der Waals surface area contributed by atoms with Crippen LogP contribution in [0.2, 0.25) is 0 Å². The quantitative estimate of drug-likeness (QED) is 0.332. The largest absolute Gasteiger partial charge is 0.459 e. The number of benzene rings is 1. The molecule has 130 valence electrons. The molecule has 0 saturated carbocycles. The number of hydrogen-bond donors (Lipinski definition) is 1. The first kappa shape index (κ1) is 19.4. The SMILES string of the molecule is C=C(C)C(=O)OCCOC(=O)c1ccccc1C(=O)OCC(C)O. The van der Waals surface area contributed by atoms with Gasteiger partial charge in [0.25, 0.3) is 0 Å². The van der Waals surface area contributed by atoms with E-state index in [1.807, 2.05) is 0 Å². The zero-order valence-corrected chi connectivity index (χ0v) is 13.6. The maximum Gasteiger partial charge on any atom is 0.339 e. The van der Waals surface area contributed by atoms with Gasteiger partial charge in [-0.05, 0) is 26.0 Å². The van der Waals surface area contributed by atoms with Crippen molar-refractivity contribution in [3.63, 3.8) is 0 Å². The Labute approximate surface area is 139 Å². The molecule has 0 amide bonds. The molecule has 1 unspecified atom stereocenters. The fourth-order valence-electron chi connectivity index (χ4n) is 1.58. The highest BCUT2D eigenvalue weighted by molar-refractivity contribution is 6.03. The first-order valence-corrected chi connectivity index (χ1v) is 7.27. The van der Waals surface area contributed by atoms with Crippen LogP contribution in [0.25, 0.3) is 0 Å². The van der Waals surface area contributed by atoms with E-state index in [4.69, 9.17) is 19.3 Å². The maximum absolute atomic E-state index is 12.0. The molecule has 7 heteroatoms. The van der Waals surface area contributed by atoms with Gasteiger partial charge < -0.3 is 19.3 Å². The second kappa shape index (κ2) is 9.46. The summed E-state index contributed by atoms with van der Waals surface area (Å²) in [7, 11) is 0. The molecule has 0 aromatic heterocycles. The van der Waals surface area contributed by atoms with Gasteiger partial charge in [-0.1, -0.05) is 18.7 Å². The predicted molar refractivity (Wildman–Crippen MR) is 84.5 cm³/mol. The summed E-state index contributed by atoms with van der Waals surface area (Å²) in [6, 6.07) is 5.98. The van der Waals surface area contributed by atoms with Crippen LogP contribution in [-0.4, -0.2) is 48.9 Å². The van der Waals surface area contributed by atoms with Gasteiger partial charge in [0, 0.05) is 5.57 Å². The number of aliphatic hydroxyl groups excluding tert-OH is 1. The van der Waals surface area contributed by atoms with E-state index in [0.717, 1.165) is 0 Å². The van der Waals surface area contributed by atoms with Crippen LogP contribution in [0.4, 0.5) is 0 Å². The van der Waals surface area contributed by atoms with E-state index >= 15 is 0 Å². The van der Waals surface area contributed by atoms with Crippen molar-refractivity contribution in [2.45, 2.75) is 20.0 Å². The van der Waals surface area contributed by atoms with Crippen LogP contribution in [0.1, 0.15) is 34.6 Å². The lowest BCUT2D eigenvalue weighted by Gasteiger charge is -2.11. The Kier molecular flexibility index (Phi) is 7.64. The van der Waals surface area contributed by atoms with E-state index in [2.05, 4.69) is 6.58 Å². The maximum atomic E-state index is 12.0. The molecule has 0 fully saturated rings. The number of hydrogen-bond acceptors (Lipinski definition) is 7. The van der Waals surface area contributed by atoms with Crippen molar-refractivity contribution < 1.29 is 33.7 Å². The molecule has 0 aliphatic rings. The van der Waals surface area contributed by atoms with Gasteiger partial charge in [-0.2, -0.15) is 0 Å². The van der Waals surface area contributed by atoms with Crippen LogP contribution < -0.4 is 0 Å². The highest BCUT2D eigenvalue weighted by atomic mass is 16.6. The van der Waals surface area contributed by atoms with Crippen LogP contribution in [0.3, 0.4) is 0 Å². The third-order valence-corrected chi connectivity index (χ3v) is 2.72. The van der Waals surface area contributed by atoms with Crippen molar-refractivity contribution in [3.8, 4) is 0 Å². The molecule has 1 atom stereocenters. The van der Waals surface area contributed by atoms with Gasteiger partial charge in [-0.15, -0.1) is 0 Å². The zero-order valence-electron chi connectivity index (χ0n) is 13.6. The van der Waals surface area contributed by atoms with Crippen LogP contribution in [0.5, 0.6) is 0 Å². The molecule has 0 radical (unpaired) electrons. The first-order valence-electron chi connectivity index (χ1n) is 7.27. The van der Waals surface area contributed by atoms with Gasteiger partial charge in [0.05, 0.1) is 17.2 Å². The minimum Gasteiger partial charge on any atom is -0.459 e. The van der Waals surface area contributed by atoms with E-state index in [0.29, 0.717) is 0 Å². The molecule has 0 heterocycles. The first-order chi connectivity index (χ1) is 11.3. The summed E-state index contributed by atoms with van der Waals surface area (Å²) in [5.41, 5.74) is 0.300. The molecule has 7 nitrogen and oxygen atoms in total. The number of esters is 3. The average molecular weight is 336 g/mol. The number of carbonyl (C=O) groups is 3. The van der Waals surface area contributed by atoms with E-state index in [1.54, 1.807) is 12.1 Å². The summed E-state index contributed by atoms with van der Waals surface area (Å²) < 4.78 is 14.7. The summed E-state index contributed by atoms with van der Waals surface area (Å²) in [5, 5.41) is 9.14. The van der Waals surface area contributed by atoms with Crippen molar-refractivity contribution in [3.05, 3.63) is 47.5 Å². The Morgan fingerprint density at radius 1 is 1.04 bits per heavy atom. The Hall–Kier alpha value is -2.67. The van der Waals surface area contributed by atoms with Gasteiger partial charge in [0.2, 0.25) is 0 Å². The number of carbonyl (C=O) groups excluding carboxylic acids is 3. The molecule has 0 aliphatic heterocycles. The molecule has 0 spiro atoms. The van der Waals surface area contributed by atoms with E-state index in [9.17, 15) is 14.4 Å². The van der Waals surface area contributed by atoms with Crippen molar-refractivity contribution in [1.82, 2.24) is 0 Å². The molecule has 1 rings (SSSR count). The van der Waals surface area contributed by atoms with Gasteiger partial charge >= 0.3 is 17.9 Å². The van der Waals surface area contributed by atoms with Gasteiger partial charge in [-0.3, -0.25) is 0 Å². The molecular formula is C17H20O7. The molecule has 0 aliphatic carbocycles. The normalized spacial score (nSPS) is 11.3. The van der Waals surface area contributed by atoms with Gasteiger partial charge in [0.15, 0.2) is 0 Å². The molecule has 24 heavy (non-hydrogen) atoms. The summed E-state index contributed by atoms with van der Waals surface area (Å²) >= 11 is 0. The highest BCUT2D eigenvalue weighted by Crippen LogP contribution is 2.12. The van der Waals surface area contributed by atoms with Gasteiger partial charge in [0.1, 0.15) is 19.8 Å². The van der Waals surface area contributed by atoms with Crippen molar-refractivity contribution >= 4 is 17.9 Å². The van der Waals surface area contributed by atoms with Crippen LogP contribution >= 0.6 is 0 Å². The zero-order chi connectivity index (χ0) is 18.1. The van der Waals surface area contributed by atoms with Crippen LogP contribution in [0, 0.1) is 0 Å². The fourth-order valence-corrected chi connectivity index (χ4v) is 1.58. The lowest BCUT2D eigenvalue weighted by Crippen LogP contribution is -2.19. The summed E-state index contributed by atoms with van der Waals surface area (Å²) in [5.74, 6) is -2.06. The van der Waals surface area contributed by atoms with Crippen molar-refractivity contribution in [2.24, 2.45) is 0 Å². The highest BCUT2D eigenvalue weighted by Gasteiger charge is 2.19. The topological polar surface area (TPSA) is 99.1 Å². The lowest BCUT2D eigenvalue weighted by molar-refractivity contribution is -0.140. The summed E-state index contributed by atoms with van der Waals surface area (Å²) in [4.78, 5) is 35.2. The third-order valence-electron chi connectivity index (χ3n) is 2.72. The molecule has 0 saturated heterocycles. The lowest BCUT2D eigenvalue weighted by atomic mass is 10.1. The number of rotatable bonds is 8. The average Bonchev–Trinajstić information content (AvgIpc) is 2.55. The minimum absolute atomic E-state index is 0.0271. The molecule has 1 aromatic carbocycles. The third kappa shape index (κ3) is 6.21. The Bertz CT molecular complexity index is 619. The smallest absolute Gasteiger partial charge is 0.339 e. The Balaban J connectivity index is 2.62. The molecule has 0 bridgehead atoms. The summed E-state index contributed by atoms with van der Waals surface area (Å²) in [6.45, 7) is 5.94. The molecule has 1 N–H and O–H groups in total. The second-order valence-corrected chi connectivity index (χ2v) is 5.05. The van der Waals surface area contributed by atoms with Crippen molar-refractivity contribution in [1.29, 1.82) is 0 Å². The van der Waals surface area contributed by atoms with E-state index in [-0.39, 0.29) is 36.5 Å². The number of ether oxygens (including phenoxy) is 3. The predicted octanol–water partition coefficient (Wildman–Crippen LogP) is 1.50. The van der Waals surface area contributed by atoms with E-state index in [1.165, 1.54) is 26.0 Å². The standard InChI is InChI=1S/C17H20O7/c1-11(2)15(19)22-8-9-23-16(20)13-6-4-5-7-14(13)17(21)24-10-12(3)18/h4-7,12,18H,1,8-10H2,2-3H3. The molecular weight excluding hydrogens is 316 g/mol. The number of aliphatic hydroxyl groups is 1. The second-order valence-electron chi connectivity index (χ2n) is 5.05. The van der Waals surface area contributed by atoms with E-state index < -0.39 is 24.0 Å². The Morgan fingerprint density at radius 3 is 2.04 bits per heavy atom. The van der Waals surface area contributed by atoms with Crippen molar-refractivity contribution in [2.75, 3.05) is 19.8 Å². The summed E-state index contributed by atoms with van der Waals surface area (Å²) in [6.07, 6.45) is -0.809. The fraction of sp³-hybridized carbons (Fsp3) is 0.353.